The van der Waals surface area contributed by atoms with Gasteiger partial charge in [-0.05, 0) is 42.2 Å². The Labute approximate surface area is 109 Å². The molecule has 0 radical (unpaired) electrons. The number of hydrogen-bond donors (Lipinski definition) is 1. The molecule has 3 nitrogen and oxygen atoms in total. The fraction of sp³-hybridized carbons (Fsp3) is 0.636. The molecule has 2 unspecified atom stereocenters. The van der Waals surface area contributed by atoms with E-state index < -0.39 is 0 Å². The Bertz CT molecular complexity index is 336. The van der Waals surface area contributed by atoms with E-state index in [0.717, 1.165) is 19.8 Å². The van der Waals surface area contributed by atoms with Crippen LogP contribution >= 0.6 is 27.3 Å². The molecule has 90 valence electrons. The van der Waals surface area contributed by atoms with Crippen LogP contribution in [0.25, 0.3) is 0 Å². The fourth-order valence-electron chi connectivity index (χ4n) is 2.09. The summed E-state index contributed by atoms with van der Waals surface area (Å²) >= 11 is 5.32. The Morgan fingerprint density at radius 1 is 1.56 bits per heavy atom. The van der Waals surface area contributed by atoms with Gasteiger partial charge >= 0.3 is 0 Å². The first-order valence-corrected chi connectivity index (χ1v) is 7.02. The van der Waals surface area contributed by atoms with Gasteiger partial charge in [0.2, 0.25) is 0 Å². The Morgan fingerprint density at radius 3 is 2.88 bits per heavy atom. The van der Waals surface area contributed by atoms with Gasteiger partial charge in [-0.25, -0.2) is 0 Å². The van der Waals surface area contributed by atoms with Gasteiger partial charge in [0.1, 0.15) is 0 Å². The standard InChI is InChI=1S/C11H17BrN2OS/c1-14(2)11(8-7-15-6-5-13-8)9-3-4-10(12)16-9/h3-4,8,11,13H,5-7H2,1-2H3. The molecule has 2 heterocycles. The van der Waals surface area contributed by atoms with Crippen LogP contribution in [-0.2, 0) is 4.74 Å². The smallest absolute Gasteiger partial charge is 0.0702 e. The summed E-state index contributed by atoms with van der Waals surface area (Å²) in [4.78, 5) is 3.63. The van der Waals surface area contributed by atoms with Crippen molar-refractivity contribution in [1.82, 2.24) is 10.2 Å². The molecular formula is C11H17BrN2OS. The zero-order chi connectivity index (χ0) is 11.5. The van der Waals surface area contributed by atoms with Crippen LogP contribution in [0.15, 0.2) is 15.9 Å². The minimum atomic E-state index is 0.384. The van der Waals surface area contributed by atoms with Gasteiger partial charge in [0.25, 0.3) is 0 Å². The van der Waals surface area contributed by atoms with E-state index in [-0.39, 0.29) is 0 Å². The van der Waals surface area contributed by atoms with Crippen molar-refractivity contribution in [2.45, 2.75) is 12.1 Å². The van der Waals surface area contributed by atoms with E-state index in [1.165, 1.54) is 8.66 Å². The molecular weight excluding hydrogens is 288 g/mol. The van der Waals surface area contributed by atoms with Crippen LogP contribution in [0.2, 0.25) is 0 Å². The topological polar surface area (TPSA) is 24.5 Å². The number of morpholine rings is 1. The predicted octanol–water partition coefficient (Wildman–Crippen LogP) is 2.10. The molecule has 1 aromatic rings. The van der Waals surface area contributed by atoms with Crippen LogP contribution < -0.4 is 5.32 Å². The summed E-state index contributed by atoms with van der Waals surface area (Å²) < 4.78 is 6.73. The van der Waals surface area contributed by atoms with Gasteiger partial charge in [0, 0.05) is 11.4 Å². The van der Waals surface area contributed by atoms with Crippen LogP contribution in [-0.4, -0.2) is 44.8 Å². The Kier molecular flexibility index (Phi) is 4.38. The van der Waals surface area contributed by atoms with E-state index in [4.69, 9.17) is 4.74 Å². The first-order chi connectivity index (χ1) is 7.68. The van der Waals surface area contributed by atoms with Crippen LogP contribution in [0.4, 0.5) is 0 Å². The Balaban J connectivity index is 2.16. The highest BCUT2D eigenvalue weighted by atomic mass is 79.9. The molecule has 0 aromatic carbocycles. The average molecular weight is 305 g/mol. The van der Waals surface area contributed by atoms with Crippen LogP contribution in [0.1, 0.15) is 10.9 Å². The number of nitrogens with one attached hydrogen (secondary N) is 1. The van der Waals surface area contributed by atoms with Crippen LogP contribution in [0.5, 0.6) is 0 Å². The molecule has 1 aliphatic heterocycles. The van der Waals surface area contributed by atoms with Crippen molar-refractivity contribution in [3.8, 4) is 0 Å². The second kappa shape index (κ2) is 5.60. The maximum atomic E-state index is 5.55. The molecule has 0 amide bonds. The van der Waals surface area contributed by atoms with E-state index in [1.807, 2.05) is 0 Å². The third-order valence-electron chi connectivity index (χ3n) is 2.77. The average Bonchev–Trinajstić information content (AvgIpc) is 2.66. The molecule has 16 heavy (non-hydrogen) atoms. The molecule has 1 aromatic heterocycles. The minimum absolute atomic E-state index is 0.384. The fourth-order valence-corrected chi connectivity index (χ4v) is 3.77. The molecule has 2 atom stereocenters. The Morgan fingerprint density at radius 2 is 2.38 bits per heavy atom. The van der Waals surface area contributed by atoms with Crippen LogP contribution in [0, 0.1) is 0 Å². The van der Waals surface area contributed by atoms with Crippen molar-refractivity contribution in [1.29, 1.82) is 0 Å². The van der Waals surface area contributed by atoms with E-state index in [2.05, 4.69) is 52.4 Å². The summed E-state index contributed by atoms with van der Waals surface area (Å²) in [5.41, 5.74) is 0. The van der Waals surface area contributed by atoms with E-state index >= 15 is 0 Å². The first-order valence-electron chi connectivity index (χ1n) is 5.41. The van der Waals surface area contributed by atoms with Gasteiger partial charge in [-0.15, -0.1) is 11.3 Å². The zero-order valence-electron chi connectivity index (χ0n) is 9.57. The van der Waals surface area contributed by atoms with Crippen molar-refractivity contribution < 1.29 is 4.74 Å². The molecule has 0 bridgehead atoms. The number of ether oxygens (including phenoxy) is 1. The van der Waals surface area contributed by atoms with E-state index in [0.29, 0.717) is 12.1 Å². The number of likely N-dealkylation sites (N-methyl/N-ethyl adjacent to an activating group) is 1. The lowest BCUT2D eigenvalue weighted by Gasteiger charge is -2.34. The number of thiophene rings is 1. The SMILES string of the molecule is CN(C)C(c1ccc(Br)s1)C1COCCN1. The maximum absolute atomic E-state index is 5.55. The number of hydrogen-bond acceptors (Lipinski definition) is 4. The monoisotopic (exact) mass is 304 g/mol. The van der Waals surface area contributed by atoms with Crippen molar-refractivity contribution in [3.05, 3.63) is 20.8 Å². The summed E-state index contributed by atoms with van der Waals surface area (Å²) in [5.74, 6) is 0. The van der Waals surface area contributed by atoms with Gasteiger partial charge in [-0.2, -0.15) is 0 Å². The second-order valence-corrected chi connectivity index (χ2v) is 6.68. The quantitative estimate of drug-likeness (QED) is 0.925. The largest absolute Gasteiger partial charge is 0.378 e. The van der Waals surface area contributed by atoms with Gasteiger partial charge in [0.15, 0.2) is 0 Å². The number of nitrogens with zero attached hydrogens (tertiary/aromatic N) is 1. The lowest BCUT2D eigenvalue weighted by molar-refractivity contribution is 0.0467. The molecule has 1 aliphatic rings. The minimum Gasteiger partial charge on any atom is -0.378 e. The number of halogens is 1. The molecule has 0 aliphatic carbocycles. The lowest BCUT2D eigenvalue weighted by atomic mass is 10.1. The summed E-state index contributed by atoms with van der Waals surface area (Å²) in [6.07, 6.45) is 0. The first kappa shape index (κ1) is 12.5. The third kappa shape index (κ3) is 2.84. The summed E-state index contributed by atoms with van der Waals surface area (Å²) in [7, 11) is 4.24. The van der Waals surface area contributed by atoms with E-state index in [1.54, 1.807) is 11.3 Å². The third-order valence-corrected chi connectivity index (χ3v) is 4.47. The molecule has 0 spiro atoms. The van der Waals surface area contributed by atoms with Gasteiger partial charge in [0.05, 0.1) is 29.1 Å². The summed E-state index contributed by atoms with van der Waals surface area (Å²) in [6, 6.07) is 5.07. The van der Waals surface area contributed by atoms with Gasteiger partial charge in [-0.3, -0.25) is 0 Å². The maximum Gasteiger partial charge on any atom is 0.0702 e. The molecule has 0 saturated carbocycles. The van der Waals surface area contributed by atoms with Gasteiger partial charge < -0.3 is 15.0 Å². The van der Waals surface area contributed by atoms with Crippen molar-refractivity contribution in [2.75, 3.05) is 33.9 Å². The summed E-state index contributed by atoms with van der Waals surface area (Å²) in [6.45, 7) is 2.56. The van der Waals surface area contributed by atoms with Crippen LogP contribution in [0.3, 0.4) is 0 Å². The van der Waals surface area contributed by atoms with E-state index in [9.17, 15) is 0 Å². The highest BCUT2D eigenvalue weighted by Crippen LogP contribution is 2.32. The normalized spacial score (nSPS) is 23.6. The highest BCUT2D eigenvalue weighted by Gasteiger charge is 2.28. The molecule has 5 heteroatoms. The zero-order valence-corrected chi connectivity index (χ0v) is 12.0. The van der Waals surface area contributed by atoms with Crippen molar-refractivity contribution in [3.63, 3.8) is 0 Å². The van der Waals surface area contributed by atoms with Gasteiger partial charge in [-0.1, -0.05) is 0 Å². The molecule has 2 rings (SSSR count). The summed E-state index contributed by atoms with van der Waals surface area (Å²) in [5, 5.41) is 3.53. The second-order valence-electron chi connectivity index (χ2n) is 4.19. The predicted molar refractivity (Wildman–Crippen MR) is 71.1 cm³/mol. The molecule has 1 saturated heterocycles. The highest BCUT2D eigenvalue weighted by molar-refractivity contribution is 9.11. The van der Waals surface area contributed by atoms with Crippen molar-refractivity contribution in [2.24, 2.45) is 0 Å². The Hall–Kier alpha value is 0.0600. The van der Waals surface area contributed by atoms with Crippen molar-refractivity contribution >= 4 is 27.3 Å². The number of rotatable bonds is 3. The molecule has 1 fully saturated rings. The molecule has 1 N–H and O–H groups in total. The lowest BCUT2D eigenvalue weighted by Crippen LogP contribution is -2.48.